The molecule has 130 valence electrons. The predicted octanol–water partition coefficient (Wildman–Crippen LogP) is 2.12. The molecule has 2 aromatic rings. The third kappa shape index (κ3) is 3.88. The average molecular weight is 342 g/mol. The standard InChI is InChI=1S/C18H18N2O5/c1-19-18(23)20-16(21)15(11-6-3-2-4-7-11)25-17(22)13-10-12(13)14-8-5-9-24-14/h2-9,12-13,15H,10H2,1H3,(H2,19,20,21,23). The summed E-state index contributed by atoms with van der Waals surface area (Å²) in [4.78, 5) is 36.1. The summed E-state index contributed by atoms with van der Waals surface area (Å²) in [6, 6.07) is 11.5. The molecule has 1 aliphatic rings. The molecule has 1 heterocycles. The quantitative estimate of drug-likeness (QED) is 0.811. The highest BCUT2D eigenvalue weighted by molar-refractivity contribution is 5.97. The molecule has 25 heavy (non-hydrogen) atoms. The molecular formula is C18H18N2O5. The number of amides is 3. The number of hydrogen-bond acceptors (Lipinski definition) is 5. The summed E-state index contributed by atoms with van der Waals surface area (Å²) in [5.41, 5.74) is 0.493. The second kappa shape index (κ2) is 7.21. The van der Waals surface area contributed by atoms with Crippen molar-refractivity contribution in [2.24, 2.45) is 5.92 Å². The molecule has 1 aromatic heterocycles. The van der Waals surface area contributed by atoms with E-state index in [1.165, 1.54) is 7.05 Å². The number of benzene rings is 1. The molecule has 1 aromatic carbocycles. The Morgan fingerprint density at radius 2 is 1.92 bits per heavy atom. The lowest BCUT2D eigenvalue weighted by molar-refractivity contribution is -0.157. The van der Waals surface area contributed by atoms with E-state index in [0.717, 1.165) is 5.76 Å². The maximum absolute atomic E-state index is 12.4. The van der Waals surface area contributed by atoms with Crippen molar-refractivity contribution >= 4 is 17.9 Å². The van der Waals surface area contributed by atoms with Crippen LogP contribution < -0.4 is 10.6 Å². The Bertz CT molecular complexity index is 757. The number of imide groups is 1. The lowest BCUT2D eigenvalue weighted by atomic mass is 10.1. The van der Waals surface area contributed by atoms with Crippen LogP contribution in [0.3, 0.4) is 0 Å². The van der Waals surface area contributed by atoms with Crippen LogP contribution in [0.25, 0.3) is 0 Å². The number of hydrogen-bond donors (Lipinski definition) is 2. The predicted molar refractivity (Wildman–Crippen MR) is 87.4 cm³/mol. The minimum Gasteiger partial charge on any atom is -0.469 e. The van der Waals surface area contributed by atoms with Crippen molar-refractivity contribution < 1.29 is 23.5 Å². The monoisotopic (exact) mass is 342 g/mol. The van der Waals surface area contributed by atoms with Crippen LogP contribution >= 0.6 is 0 Å². The van der Waals surface area contributed by atoms with Crippen LogP contribution in [0.4, 0.5) is 4.79 Å². The normalized spacial score (nSPS) is 19.6. The third-order valence-electron chi connectivity index (χ3n) is 4.04. The molecule has 0 radical (unpaired) electrons. The molecule has 1 aliphatic carbocycles. The van der Waals surface area contributed by atoms with Crippen molar-refractivity contribution in [3.8, 4) is 0 Å². The van der Waals surface area contributed by atoms with Crippen LogP contribution in [0.2, 0.25) is 0 Å². The molecule has 3 atom stereocenters. The first-order chi connectivity index (χ1) is 12.1. The molecule has 2 N–H and O–H groups in total. The molecule has 1 fully saturated rings. The van der Waals surface area contributed by atoms with Gasteiger partial charge in [-0.3, -0.25) is 14.9 Å². The Hall–Kier alpha value is -3.09. The SMILES string of the molecule is CNC(=O)NC(=O)C(OC(=O)C1CC1c1ccco1)c1ccccc1. The molecule has 3 rings (SSSR count). The topological polar surface area (TPSA) is 97.6 Å². The highest BCUT2D eigenvalue weighted by Gasteiger charge is 2.48. The van der Waals surface area contributed by atoms with E-state index >= 15 is 0 Å². The first-order valence-corrected chi connectivity index (χ1v) is 7.91. The molecule has 3 amide bonds. The number of carbonyl (C=O) groups excluding carboxylic acids is 3. The minimum absolute atomic E-state index is 0.0269. The lowest BCUT2D eigenvalue weighted by Crippen LogP contribution is -2.41. The van der Waals surface area contributed by atoms with Gasteiger partial charge in [-0.15, -0.1) is 0 Å². The first kappa shape index (κ1) is 16.8. The van der Waals surface area contributed by atoms with Crippen LogP contribution in [-0.2, 0) is 14.3 Å². The van der Waals surface area contributed by atoms with Crippen molar-refractivity contribution in [3.05, 3.63) is 60.1 Å². The van der Waals surface area contributed by atoms with Gasteiger partial charge in [-0.1, -0.05) is 30.3 Å². The van der Waals surface area contributed by atoms with E-state index in [9.17, 15) is 14.4 Å². The molecule has 3 unspecified atom stereocenters. The molecule has 0 bridgehead atoms. The van der Waals surface area contributed by atoms with E-state index in [0.29, 0.717) is 12.0 Å². The smallest absolute Gasteiger partial charge is 0.321 e. The van der Waals surface area contributed by atoms with Crippen molar-refractivity contribution in [2.45, 2.75) is 18.4 Å². The van der Waals surface area contributed by atoms with E-state index in [-0.39, 0.29) is 11.8 Å². The maximum atomic E-state index is 12.4. The van der Waals surface area contributed by atoms with Gasteiger partial charge in [0.05, 0.1) is 12.2 Å². The summed E-state index contributed by atoms with van der Waals surface area (Å²) in [6.45, 7) is 0. The Morgan fingerprint density at radius 1 is 1.16 bits per heavy atom. The van der Waals surface area contributed by atoms with Gasteiger partial charge < -0.3 is 14.5 Å². The van der Waals surface area contributed by atoms with Gasteiger partial charge in [0.25, 0.3) is 5.91 Å². The van der Waals surface area contributed by atoms with E-state index < -0.39 is 24.0 Å². The van der Waals surface area contributed by atoms with Crippen molar-refractivity contribution in [2.75, 3.05) is 7.05 Å². The fraction of sp³-hybridized carbons (Fsp3) is 0.278. The molecule has 7 nitrogen and oxygen atoms in total. The maximum Gasteiger partial charge on any atom is 0.321 e. The Kier molecular flexibility index (Phi) is 4.83. The van der Waals surface area contributed by atoms with Gasteiger partial charge >= 0.3 is 12.0 Å². The summed E-state index contributed by atoms with van der Waals surface area (Å²) in [5.74, 6) is -0.824. The first-order valence-electron chi connectivity index (χ1n) is 7.91. The zero-order valence-corrected chi connectivity index (χ0v) is 13.6. The van der Waals surface area contributed by atoms with Gasteiger partial charge in [-0.05, 0) is 18.6 Å². The highest BCUT2D eigenvalue weighted by atomic mass is 16.5. The van der Waals surface area contributed by atoms with Gasteiger partial charge in [0.15, 0.2) is 0 Å². The van der Waals surface area contributed by atoms with Gasteiger partial charge in [-0.25, -0.2) is 4.79 Å². The van der Waals surface area contributed by atoms with Crippen LogP contribution in [0.1, 0.15) is 29.8 Å². The number of carbonyl (C=O) groups is 3. The van der Waals surface area contributed by atoms with Gasteiger partial charge in [0.1, 0.15) is 5.76 Å². The molecule has 0 saturated heterocycles. The molecule has 0 aliphatic heterocycles. The van der Waals surface area contributed by atoms with Crippen LogP contribution in [-0.4, -0.2) is 25.0 Å². The second-order valence-corrected chi connectivity index (χ2v) is 5.76. The average Bonchev–Trinajstić information content (AvgIpc) is 3.25. The summed E-state index contributed by atoms with van der Waals surface area (Å²) < 4.78 is 10.7. The Balaban J connectivity index is 1.71. The van der Waals surface area contributed by atoms with E-state index in [1.54, 1.807) is 42.7 Å². The lowest BCUT2D eigenvalue weighted by Gasteiger charge is -2.17. The van der Waals surface area contributed by atoms with Gasteiger partial charge in [-0.2, -0.15) is 0 Å². The second-order valence-electron chi connectivity index (χ2n) is 5.76. The van der Waals surface area contributed by atoms with Gasteiger partial charge in [0, 0.05) is 18.5 Å². The third-order valence-corrected chi connectivity index (χ3v) is 4.04. The minimum atomic E-state index is -1.19. The van der Waals surface area contributed by atoms with Crippen LogP contribution in [0.5, 0.6) is 0 Å². The van der Waals surface area contributed by atoms with Crippen LogP contribution in [0.15, 0.2) is 53.1 Å². The summed E-state index contributed by atoms with van der Waals surface area (Å²) in [5, 5.41) is 4.44. The summed E-state index contributed by atoms with van der Waals surface area (Å²) in [6.07, 6.45) is 0.980. The molecular weight excluding hydrogens is 324 g/mol. The van der Waals surface area contributed by atoms with E-state index in [4.69, 9.17) is 9.15 Å². The van der Waals surface area contributed by atoms with Crippen molar-refractivity contribution in [3.63, 3.8) is 0 Å². The summed E-state index contributed by atoms with van der Waals surface area (Å²) >= 11 is 0. The fourth-order valence-electron chi connectivity index (χ4n) is 2.62. The van der Waals surface area contributed by atoms with E-state index in [1.807, 2.05) is 6.07 Å². The number of rotatable bonds is 5. The fourth-order valence-corrected chi connectivity index (χ4v) is 2.62. The largest absolute Gasteiger partial charge is 0.469 e. The number of nitrogens with one attached hydrogen (secondary N) is 2. The number of urea groups is 1. The number of furan rings is 1. The highest BCUT2D eigenvalue weighted by Crippen LogP contribution is 2.48. The Labute approximate surface area is 144 Å². The number of esters is 1. The number of ether oxygens (including phenoxy) is 1. The van der Waals surface area contributed by atoms with Crippen LogP contribution in [0, 0.1) is 5.92 Å². The molecule has 0 spiro atoms. The van der Waals surface area contributed by atoms with Crippen molar-refractivity contribution in [1.29, 1.82) is 0 Å². The zero-order valence-electron chi connectivity index (χ0n) is 13.6. The molecule has 7 heteroatoms. The van der Waals surface area contributed by atoms with E-state index in [2.05, 4.69) is 10.6 Å². The van der Waals surface area contributed by atoms with Crippen molar-refractivity contribution in [1.82, 2.24) is 10.6 Å². The molecule has 1 saturated carbocycles. The Morgan fingerprint density at radius 3 is 2.56 bits per heavy atom. The van der Waals surface area contributed by atoms with Gasteiger partial charge in [0.2, 0.25) is 6.10 Å². The zero-order chi connectivity index (χ0) is 17.8. The summed E-state index contributed by atoms with van der Waals surface area (Å²) in [7, 11) is 1.39.